The molecule has 0 bridgehead atoms. The Morgan fingerprint density at radius 1 is 1.05 bits per heavy atom. The second-order valence-corrected chi connectivity index (χ2v) is 12.0. The molecule has 1 aromatic rings. The third kappa shape index (κ3) is 5.08. The lowest BCUT2D eigenvalue weighted by molar-refractivity contribution is -0.148. The van der Waals surface area contributed by atoms with Gasteiger partial charge in [-0.1, -0.05) is 25.5 Å². The molecule has 6 unspecified atom stereocenters. The Labute approximate surface area is 225 Å². The van der Waals surface area contributed by atoms with Gasteiger partial charge in [-0.05, 0) is 87.2 Å². The van der Waals surface area contributed by atoms with E-state index in [1.807, 2.05) is 0 Å². The maximum atomic E-state index is 12.4. The van der Waals surface area contributed by atoms with Crippen LogP contribution in [0, 0.1) is 35.5 Å². The van der Waals surface area contributed by atoms with Crippen molar-refractivity contribution in [3.8, 4) is 11.5 Å². The predicted octanol–water partition coefficient (Wildman–Crippen LogP) is 6.03. The molecular formula is C31H42O7. The molecule has 0 spiro atoms. The van der Waals surface area contributed by atoms with Crippen molar-refractivity contribution < 1.29 is 34.1 Å². The van der Waals surface area contributed by atoms with E-state index in [1.165, 1.54) is 25.0 Å². The van der Waals surface area contributed by atoms with E-state index in [1.54, 1.807) is 13.8 Å². The zero-order valence-corrected chi connectivity index (χ0v) is 23.3. The molecule has 0 aliphatic heterocycles. The number of hydrogen-bond acceptors (Lipinski definition) is 7. The Hall–Kier alpha value is -2.83. The first kappa shape index (κ1) is 28.2. The maximum absolute atomic E-state index is 12.4. The van der Waals surface area contributed by atoms with Crippen LogP contribution in [0.4, 0.5) is 0 Å². The molecule has 7 nitrogen and oxygen atoms in total. The van der Waals surface area contributed by atoms with Crippen molar-refractivity contribution in [2.45, 2.75) is 92.1 Å². The van der Waals surface area contributed by atoms with Gasteiger partial charge in [-0.25, -0.2) is 4.79 Å². The van der Waals surface area contributed by atoms with Crippen molar-refractivity contribution in [2.75, 3.05) is 6.61 Å². The molecule has 0 amide bonds. The number of hydrogen-bond donors (Lipinski definition) is 2. The maximum Gasteiger partial charge on any atom is 0.342 e. The molecule has 5 rings (SSSR count). The molecule has 7 heteroatoms. The molecule has 38 heavy (non-hydrogen) atoms. The van der Waals surface area contributed by atoms with Gasteiger partial charge in [0.1, 0.15) is 28.9 Å². The van der Waals surface area contributed by atoms with E-state index in [4.69, 9.17) is 14.6 Å². The Morgan fingerprint density at radius 2 is 1.74 bits per heavy atom. The third-order valence-corrected chi connectivity index (χ3v) is 9.88. The summed E-state index contributed by atoms with van der Waals surface area (Å²) in [6.07, 6.45) is 10.8. The molecule has 208 valence electrons. The Balaban J connectivity index is 0.000000206. The summed E-state index contributed by atoms with van der Waals surface area (Å²) in [5, 5.41) is 18.5. The van der Waals surface area contributed by atoms with Crippen molar-refractivity contribution in [3.63, 3.8) is 0 Å². The molecule has 4 aliphatic rings. The van der Waals surface area contributed by atoms with Crippen LogP contribution in [0.2, 0.25) is 0 Å². The summed E-state index contributed by atoms with van der Waals surface area (Å²) in [5.74, 6) is 1.41. The van der Waals surface area contributed by atoms with Gasteiger partial charge in [-0.15, -0.1) is 0 Å². The number of ketones is 1. The minimum absolute atomic E-state index is 0.0438. The number of ether oxygens (including phenoxy) is 2. The number of carbonyl (C=O) groups is 3. The van der Waals surface area contributed by atoms with Crippen molar-refractivity contribution >= 4 is 17.7 Å². The van der Waals surface area contributed by atoms with Crippen LogP contribution in [0.15, 0.2) is 23.8 Å². The summed E-state index contributed by atoms with van der Waals surface area (Å²) in [6.45, 7) is 9.74. The van der Waals surface area contributed by atoms with E-state index in [2.05, 4.69) is 19.9 Å². The van der Waals surface area contributed by atoms with Gasteiger partial charge in [-0.2, -0.15) is 0 Å². The van der Waals surface area contributed by atoms with Crippen LogP contribution < -0.4 is 0 Å². The van der Waals surface area contributed by atoms with Crippen LogP contribution in [-0.2, 0) is 19.1 Å². The number of phenolic OH excluding ortho intramolecular Hbond substituents is 2. The SMILES string of the molecule is CC(=O)OC1CCC2(C)C(=CCC3C4CCC(=O)C4(C)CCC32)C1.CCOC(=O)c1c(C)cc(O)cc1O. The first-order valence-corrected chi connectivity index (χ1v) is 14.0. The summed E-state index contributed by atoms with van der Waals surface area (Å²) in [5.41, 5.74) is 2.32. The van der Waals surface area contributed by atoms with Crippen LogP contribution in [0.3, 0.4) is 0 Å². The lowest BCUT2D eigenvalue weighted by Crippen LogP contribution is -2.50. The summed E-state index contributed by atoms with van der Waals surface area (Å²) in [6, 6.07) is 2.51. The van der Waals surface area contributed by atoms with Crippen LogP contribution in [0.5, 0.6) is 11.5 Å². The Kier molecular flexibility index (Phi) is 7.96. The number of carbonyl (C=O) groups excluding carboxylic acids is 3. The molecule has 6 atom stereocenters. The van der Waals surface area contributed by atoms with Crippen molar-refractivity contribution in [2.24, 2.45) is 28.6 Å². The average Bonchev–Trinajstić information content (AvgIpc) is 3.13. The molecular weight excluding hydrogens is 484 g/mol. The normalized spacial score (nSPS) is 33.5. The number of Topliss-reactive ketones (excluding diaryl/α,β-unsaturated/α-hetero) is 1. The number of esters is 2. The molecule has 1 aromatic carbocycles. The van der Waals surface area contributed by atoms with Gasteiger partial charge in [0.05, 0.1) is 6.61 Å². The zero-order valence-electron chi connectivity index (χ0n) is 23.3. The molecule has 2 N–H and O–H groups in total. The number of benzene rings is 1. The standard InChI is InChI=1S/C21H30O3.C10H12O4/c1-13(22)24-15-8-10-20(2)14(12-15)4-5-16-17-6-7-19(23)21(17,3)11-9-18(16)20;1-3-14-10(13)9-6(2)4-7(11)5-8(9)12/h4,15-18H,5-12H2,1-3H3;4-5,11-12H,3H2,1-2H3. The highest BCUT2D eigenvalue weighted by molar-refractivity contribution is 5.94. The second-order valence-electron chi connectivity index (χ2n) is 12.0. The van der Waals surface area contributed by atoms with Crippen molar-refractivity contribution in [3.05, 3.63) is 34.9 Å². The lowest BCUT2D eigenvalue weighted by atomic mass is 9.48. The fraction of sp³-hybridized carbons (Fsp3) is 0.645. The third-order valence-electron chi connectivity index (χ3n) is 9.88. The first-order valence-electron chi connectivity index (χ1n) is 14.0. The fourth-order valence-corrected chi connectivity index (χ4v) is 7.95. The minimum atomic E-state index is -0.581. The van der Waals surface area contributed by atoms with Crippen LogP contribution in [0.25, 0.3) is 0 Å². The molecule has 4 aliphatic carbocycles. The van der Waals surface area contributed by atoms with E-state index >= 15 is 0 Å². The molecule has 0 saturated heterocycles. The fourth-order valence-electron chi connectivity index (χ4n) is 7.95. The predicted molar refractivity (Wildman–Crippen MR) is 143 cm³/mol. The molecule has 0 heterocycles. The smallest absolute Gasteiger partial charge is 0.342 e. The van der Waals surface area contributed by atoms with Crippen LogP contribution >= 0.6 is 0 Å². The van der Waals surface area contributed by atoms with Gasteiger partial charge in [-0.3, -0.25) is 9.59 Å². The van der Waals surface area contributed by atoms with Crippen LogP contribution in [-0.4, -0.2) is 40.6 Å². The van der Waals surface area contributed by atoms with Gasteiger partial charge >= 0.3 is 11.9 Å². The molecule has 0 aromatic heterocycles. The minimum Gasteiger partial charge on any atom is -0.508 e. The first-order chi connectivity index (χ1) is 17.9. The number of rotatable bonds is 3. The van der Waals surface area contributed by atoms with Gasteiger partial charge in [0.15, 0.2) is 0 Å². The second kappa shape index (κ2) is 10.7. The van der Waals surface area contributed by atoms with Gasteiger partial charge < -0.3 is 19.7 Å². The van der Waals surface area contributed by atoms with Crippen molar-refractivity contribution in [1.82, 2.24) is 0 Å². The largest absolute Gasteiger partial charge is 0.508 e. The topological polar surface area (TPSA) is 110 Å². The summed E-state index contributed by atoms with van der Waals surface area (Å²) in [4.78, 5) is 35.1. The molecule has 3 fully saturated rings. The van der Waals surface area contributed by atoms with Gasteiger partial charge in [0.25, 0.3) is 0 Å². The number of phenols is 2. The van der Waals surface area contributed by atoms with Crippen LogP contribution in [0.1, 0.15) is 95.0 Å². The van der Waals surface area contributed by atoms with E-state index in [-0.39, 0.29) is 46.6 Å². The summed E-state index contributed by atoms with van der Waals surface area (Å²) >= 11 is 0. The van der Waals surface area contributed by atoms with Crippen molar-refractivity contribution in [1.29, 1.82) is 0 Å². The van der Waals surface area contributed by atoms with E-state index in [9.17, 15) is 19.5 Å². The van der Waals surface area contributed by atoms with Gasteiger partial charge in [0, 0.05) is 31.2 Å². The number of fused-ring (bicyclic) bond motifs is 5. The number of aryl methyl sites for hydroxylation is 1. The Morgan fingerprint density at radius 3 is 2.39 bits per heavy atom. The molecule has 0 radical (unpaired) electrons. The Bertz CT molecular complexity index is 1110. The highest BCUT2D eigenvalue weighted by atomic mass is 16.5. The summed E-state index contributed by atoms with van der Waals surface area (Å²) < 4.78 is 10.2. The van der Waals surface area contributed by atoms with E-state index in [0.717, 1.165) is 51.0 Å². The van der Waals surface area contributed by atoms with E-state index < -0.39 is 5.97 Å². The summed E-state index contributed by atoms with van der Waals surface area (Å²) in [7, 11) is 0. The van der Waals surface area contributed by atoms with E-state index in [0.29, 0.717) is 29.1 Å². The number of allylic oxidation sites excluding steroid dienone is 1. The monoisotopic (exact) mass is 526 g/mol. The average molecular weight is 527 g/mol. The van der Waals surface area contributed by atoms with Gasteiger partial charge in [0.2, 0.25) is 0 Å². The number of aromatic hydroxyl groups is 2. The zero-order chi connectivity index (χ0) is 27.8. The molecule has 3 saturated carbocycles. The highest BCUT2D eigenvalue weighted by Gasteiger charge is 2.58. The lowest BCUT2D eigenvalue weighted by Gasteiger charge is -2.56. The quantitative estimate of drug-likeness (QED) is 0.365. The highest BCUT2D eigenvalue weighted by Crippen LogP contribution is 2.64.